The molecular weight excluding hydrogens is 252 g/mol. The van der Waals surface area contributed by atoms with E-state index in [-0.39, 0.29) is 0 Å². The molecule has 2 aromatic heterocycles. The third-order valence-corrected chi connectivity index (χ3v) is 3.13. The summed E-state index contributed by atoms with van der Waals surface area (Å²) in [5.41, 5.74) is 1.17. The molecule has 0 aliphatic heterocycles. The molecule has 0 unspecified atom stereocenters. The van der Waals surface area contributed by atoms with Crippen molar-refractivity contribution in [3.63, 3.8) is 0 Å². The molecule has 0 fully saturated rings. The van der Waals surface area contributed by atoms with Gasteiger partial charge < -0.3 is 15.2 Å². The van der Waals surface area contributed by atoms with Gasteiger partial charge in [0.05, 0.1) is 6.33 Å². The quantitative estimate of drug-likeness (QED) is 0.722. The van der Waals surface area contributed by atoms with Gasteiger partial charge in [0, 0.05) is 38.1 Å². The zero-order valence-corrected chi connectivity index (χ0v) is 12.1. The first kappa shape index (κ1) is 14.3. The Hall–Kier alpha value is -2.11. The van der Waals surface area contributed by atoms with E-state index in [2.05, 4.69) is 37.1 Å². The van der Waals surface area contributed by atoms with E-state index in [1.54, 1.807) is 12.5 Å². The van der Waals surface area contributed by atoms with Crippen LogP contribution >= 0.6 is 0 Å². The molecule has 6 heteroatoms. The minimum absolute atomic E-state index is 0.884. The summed E-state index contributed by atoms with van der Waals surface area (Å²) in [4.78, 5) is 12.7. The van der Waals surface area contributed by atoms with Crippen LogP contribution in [0.4, 0.5) is 11.6 Å². The second-order valence-corrected chi connectivity index (χ2v) is 4.63. The van der Waals surface area contributed by atoms with E-state index in [0.717, 1.165) is 44.0 Å². The van der Waals surface area contributed by atoms with Crippen molar-refractivity contribution in [1.29, 1.82) is 0 Å². The van der Waals surface area contributed by atoms with Gasteiger partial charge in [-0.05, 0) is 12.8 Å². The Morgan fingerprint density at radius 1 is 1.25 bits per heavy atom. The average molecular weight is 274 g/mol. The molecule has 0 aromatic carbocycles. The predicted octanol–water partition coefficient (Wildman–Crippen LogP) is 2.17. The fourth-order valence-corrected chi connectivity index (χ4v) is 2.15. The third kappa shape index (κ3) is 3.69. The highest BCUT2D eigenvalue weighted by Crippen LogP contribution is 2.21. The zero-order valence-electron chi connectivity index (χ0n) is 12.1. The maximum Gasteiger partial charge on any atom is 0.134 e. The Morgan fingerprint density at radius 2 is 2.10 bits per heavy atom. The van der Waals surface area contributed by atoms with Gasteiger partial charge in [-0.25, -0.2) is 15.0 Å². The molecule has 0 aliphatic carbocycles. The number of imidazole rings is 1. The van der Waals surface area contributed by atoms with Gasteiger partial charge in [0.2, 0.25) is 0 Å². The molecule has 2 rings (SSSR count). The molecule has 0 bridgehead atoms. The topological polar surface area (TPSA) is 67.7 Å². The Balaban J connectivity index is 1.91. The third-order valence-electron chi connectivity index (χ3n) is 3.13. The van der Waals surface area contributed by atoms with E-state index < -0.39 is 0 Å². The number of nitrogens with one attached hydrogen (secondary N) is 2. The largest absolute Gasteiger partial charge is 0.373 e. The van der Waals surface area contributed by atoms with Crippen molar-refractivity contribution >= 4 is 11.6 Å². The lowest BCUT2D eigenvalue weighted by Crippen LogP contribution is -2.11. The molecule has 2 N–H and O–H groups in total. The van der Waals surface area contributed by atoms with E-state index in [4.69, 9.17) is 0 Å². The Kier molecular flexibility index (Phi) is 5.34. The second kappa shape index (κ2) is 7.47. The first-order chi connectivity index (χ1) is 9.85. The fraction of sp³-hybridized carbons (Fsp3) is 0.500. The number of aromatic nitrogens is 4. The van der Waals surface area contributed by atoms with Crippen LogP contribution in [0.3, 0.4) is 0 Å². The molecule has 0 amide bonds. The van der Waals surface area contributed by atoms with Crippen molar-refractivity contribution in [3.8, 4) is 0 Å². The van der Waals surface area contributed by atoms with Gasteiger partial charge in [-0.15, -0.1) is 0 Å². The summed E-state index contributed by atoms with van der Waals surface area (Å²) < 4.78 is 2.08. The molecule has 0 atom stereocenters. The molecule has 0 radical (unpaired) electrons. The predicted molar refractivity (Wildman–Crippen MR) is 80.9 cm³/mol. The minimum Gasteiger partial charge on any atom is -0.373 e. The highest BCUT2D eigenvalue weighted by atomic mass is 15.1. The van der Waals surface area contributed by atoms with E-state index in [0.29, 0.717) is 0 Å². The molecule has 0 spiro atoms. The summed E-state index contributed by atoms with van der Waals surface area (Å²) in [7, 11) is 1.89. The Morgan fingerprint density at radius 3 is 2.80 bits per heavy atom. The summed E-state index contributed by atoms with van der Waals surface area (Å²) in [6.07, 6.45) is 10.3. The standard InChI is InChI=1S/C14H22N6/c1-3-5-12-13(15-2)18-10-19-14(12)17-6-4-8-20-9-7-16-11-20/h7,9-11H,3-6,8H2,1-2H3,(H2,15,17,18,19). The van der Waals surface area contributed by atoms with Crippen LogP contribution in [0.1, 0.15) is 25.3 Å². The Labute approximate surface area is 119 Å². The molecule has 0 saturated carbocycles. The van der Waals surface area contributed by atoms with Crippen LogP contribution in [-0.4, -0.2) is 33.1 Å². The molecule has 0 saturated heterocycles. The van der Waals surface area contributed by atoms with E-state index in [1.165, 1.54) is 5.56 Å². The van der Waals surface area contributed by atoms with Gasteiger partial charge in [0.1, 0.15) is 18.0 Å². The van der Waals surface area contributed by atoms with Crippen molar-refractivity contribution in [3.05, 3.63) is 30.6 Å². The number of rotatable bonds is 8. The van der Waals surface area contributed by atoms with Crippen LogP contribution in [-0.2, 0) is 13.0 Å². The van der Waals surface area contributed by atoms with Crippen LogP contribution in [0.5, 0.6) is 0 Å². The minimum atomic E-state index is 0.884. The molecule has 108 valence electrons. The maximum atomic E-state index is 4.36. The van der Waals surface area contributed by atoms with Gasteiger partial charge in [-0.1, -0.05) is 13.3 Å². The highest BCUT2D eigenvalue weighted by molar-refractivity contribution is 5.57. The lowest BCUT2D eigenvalue weighted by atomic mass is 10.1. The molecule has 2 aromatic rings. The maximum absolute atomic E-state index is 4.36. The van der Waals surface area contributed by atoms with Crippen molar-refractivity contribution in [2.75, 3.05) is 24.2 Å². The molecule has 6 nitrogen and oxygen atoms in total. The van der Waals surface area contributed by atoms with E-state index in [1.807, 2.05) is 19.6 Å². The van der Waals surface area contributed by atoms with Crippen LogP contribution in [0.15, 0.2) is 25.0 Å². The van der Waals surface area contributed by atoms with Gasteiger partial charge in [0.25, 0.3) is 0 Å². The van der Waals surface area contributed by atoms with Crippen LogP contribution in [0.25, 0.3) is 0 Å². The average Bonchev–Trinajstić information content (AvgIpc) is 2.98. The van der Waals surface area contributed by atoms with Gasteiger partial charge >= 0.3 is 0 Å². The first-order valence-corrected chi connectivity index (χ1v) is 7.06. The van der Waals surface area contributed by atoms with E-state index >= 15 is 0 Å². The fourth-order valence-electron chi connectivity index (χ4n) is 2.15. The Bertz CT molecular complexity index is 508. The van der Waals surface area contributed by atoms with Crippen LogP contribution in [0, 0.1) is 0 Å². The number of hydrogen-bond acceptors (Lipinski definition) is 5. The number of nitrogens with zero attached hydrogens (tertiary/aromatic N) is 4. The SMILES string of the molecule is CCCc1c(NC)ncnc1NCCCn1ccnc1. The van der Waals surface area contributed by atoms with E-state index in [9.17, 15) is 0 Å². The summed E-state index contributed by atoms with van der Waals surface area (Å²) in [5.74, 6) is 1.86. The molecule has 20 heavy (non-hydrogen) atoms. The highest BCUT2D eigenvalue weighted by Gasteiger charge is 2.08. The van der Waals surface area contributed by atoms with Gasteiger partial charge in [0.15, 0.2) is 0 Å². The van der Waals surface area contributed by atoms with Gasteiger partial charge in [-0.3, -0.25) is 0 Å². The number of anilines is 2. The van der Waals surface area contributed by atoms with Crippen LogP contribution < -0.4 is 10.6 Å². The van der Waals surface area contributed by atoms with Crippen LogP contribution in [0.2, 0.25) is 0 Å². The van der Waals surface area contributed by atoms with Crippen molar-refractivity contribution < 1.29 is 0 Å². The van der Waals surface area contributed by atoms with Gasteiger partial charge in [-0.2, -0.15) is 0 Å². The lowest BCUT2D eigenvalue weighted by Gasteiger charge is -2.13. The summed E-state index contributed by atoms with van der Waals surface area (Å²) >= 11 is 0. The molecule has 2 heterocycles. The second-order valence-electron chi connectivity index (χ2n) is 4.63. The van der Waals surface area contributed by atoms with Crippen molar-refractivity contribution in [2.24, 2.45) is 0 Å². The van der Waals surface area contributed by atoms with Crippen molar-refractivity contribution in [1.82, 2.24) is 19.5 Å². The summed E-state index contributed by atoms with van der Waals surface area (Å²) in [6, 6.07) is 0. The normalized spacial score (nSPS) is 10.5. The monoisotopic (exact) mass is 274 g/mol. The molecular formula is C14H22N6. The summed E-state index contributed by atoms with van der Waals surface area (Å²) in [5, 5.41) is 6.54. The zero-order chi connectivity index (χ0) is 14.2. The number of hydrogen-bond donors (Lipinski definition) is 2. The summed E-state index contributed by atoms with van der Waals surface area (Å²) in [6.45, 7) is 4.00. The number of aryl methyl sites for hydroxylation is 1. The first-order valence-electron chi connectivity index (χ1n) is 7.06. The lowest BCUT2D eigenvalue weighted by molar-refractivity contribution is 0.659. The smallest absolute Gasteiger partial charge is 0.134 e. The molecule has 0 aliphatic rings. The van der Waals surface area contributed by atoms with Crippen molar-refractivity contribution in [2.45, 2.75) is 32.7 Å².